The molecule has 0 atom stereocenters. The molecule has 0 aliphatic carbocycles. The summed E-state index contributed by atoms with van der Waals surface area (Å²) in [6.45, 7) is 2.95. The molecule has 1 aromatic rings. The van der Waals surface area contributed by atoms with Crippen LogP contribution in [0.4, 0.5) is 5.69 Å². The van der Waals surface area contributed by atoms with Crippen molar-refractivity contribution in [1.29, 1.82) is 0 Å². The highest BCUT2D eigenvalue weighted by molar-refractivity contribution is 5.81. The molecule has 0 amide bonds. The fourth-order valence-electron chi connectivity index (χ4n) is 1.74. The molecule has 0 radical (unpaired) electrons. The van der Waals surface area contributed by atoms with Crippen molar-refractivity contribution < 1.29 is 0 Å². The third-order valence-electron chi connectivity index (χ3n) is 2.60. The van der Waals surface area contributed by atoms with Crippen molar-refractivity contribution in [3.63, 3.8) is 0 Å². The van der Waals surface area contributed by atoms with Crippen LogP contribution in [0.1, 0.15) is 5.56 Å². The van der Waals surface area contributed by atoms with Gasteiger partial charge in [0.1, 0.15) is 0 Å². The Kier molecular flexibility index (Phi) is 3.35. The molecule has 1 aliphatic rings. The molecular formula is C12H17N3. The minimum Gasteiger partial charge on any atom is -0.331 e. The molecule has 15 heavy (non-hydrogen) atoms. The number of hydrogen-bond acceptors (Lipinski definition) is 3. The Hall–Kier alpha value is -1.35. The smallest absolute Gasteiger partial charge is 0.0895 e. The minimum absolute atomic E-state index is 0.917. The highest BCUT2D eigenvalue weighted by atomic mass is 15.2. The van der Waals surface area contributed by atoms with Gasteiger partial charge in [-0.25, -0.2) is 0 Å². The first-order valence-corrected chi connectivity index (χ1v) is 5.40. The van der Waals surface area contributed by atoms with Crippen LogP contribution in [0, 0.1) is 0 Å². The topological polar surface area (TPSA) is 27.6 Å². The lowest BCUT2D eigenvalue weighted by atomic mass is 10.1. The van der Waals surface area contributed by atoms with E-state index in [0.717, 1.165) is 26.1 Å². The van der Waals surface area contributed by atoms with Crippen molar-refractivity contribution in [3.8, 4) is 0 Å². The van der Waals surface area contributed by atoms with Crippen LogP contribution in [0.5, 0.6) is 0 Å². The predicted octanol–water partition coefficient (Wildman–Crippen LogP) is 1.30. The standard InChI is InChI=1S/C12H17N3/c1-13-6-5-11-3-2-4-12(9-11)15-8-7-14-10-15/h2-4,9-10,13H,5-8H2,1H3. The second kappa shape index (κ2) is 4.94. The van der Waals surface area contributed by atoms with Crippen molar-refractivity contribution >= 4 is 12.0 Å². The number of aliphatic imine (C=N–C) groups is 1. The fraction of sp³-hybridized carbons (Fsp3) is 0.417. The highest BCUT2D eigenvalue weighted by Crippen LogP contribution is 2.16. The van der Waals surface area contributed by atoms with E-state index in [4.69, 9.17) is 0 Å². The van der Waals surface area contributed by atoms with Crippen LogP contribution >= 0.6 is 0 Å². The van der Waals surface area contributed by atoms with Crippen molar-refractivity contribution in [2.45, 2.75) is 6.42 Å². The van der Waals surface area contributed by atoms with Gasteiger partial charge in [-0.2, -0.15) is 0 Å². The fourth-order valence-corrected chi connectivity index (χ4v) is 1.74. The lowest BCUT2D eigenvalue weighted by molar-refractivity contribution is 0.791. The van der Waals surface area contributed by atoms with Crippen LogP contribution in [0.15, 0.2) is 29.3 Å². The number of likely N-dealkylation sites (N-methyl/N-ethyl adjacent to an activating group) is 1. The number of rotatable bonds is 4. The number of nitrogens with one attached hydrogen (secondary N) is 1. The highest BCUT2D eigenvalue weighted by Gasteiger charge is 2.07. The van der Waals surface area contributed by atoms with Crippen LogP contribution in [0.2, 0.25) is 0 Å². The van der Waals surface area contributed by atoms with Gasteiger partial charge in [-0.3, -0.25) is 4.99 Å². The van der Waals surface area contributed by atoms with E-state index < -0.39 is 0 Å². The van der Waals surface area contributed by atoms with Gasteiger partial charge in [-0.15, -0.1) is 0 Å². The van der Waals surface area contributed by atoms with Crippen LogP contribution in [0.25, 0.3) is 0 Å². The summed E-state index contributed by atoms with van der Waals surface area (Å²) in [4.78, 5) is 6.42. The van der Waals surface area contributed by atoms with Crippen LogP contribution in [-0.4, -0.2) is 33.0 Å². The predicted molar refractivity (Wildman–Crippen MR) is 64.8 cm³/mol. The van der Waals surface area contributed by atoms with E-state index >= 15 is 0 Å². The zero-order valence-electron chi connectivity index (χ0n) is 9.11. The Balaban J connectivity index is 2.08. The molecule has 80 valence electrons. The van der Waals surface area contributed by atoms with E-state index in [1.807, 2.05) is 13.4 Å². The van der Waals surface area contributed by atoms with Crippen molar-refractivity contribution in [3.05, 3.63) is 29.8 Å². The van der Waals surface area contributed by atoms with E-state index in [9.17, 15) is 0 Å². The SMILES string of the molecule is CNCCc1cccc(N2C=NCC2)c1. The number of benzene rings is 1. The molecule has 0 saturated heterocycles. The van der Waals surface area contributed by atoms with Crippen molar-refractivity contribution in [1.82, 2.24) is 5.32 Å². The maximum Gasteiger partial charge on any atom is 0.0895 e. The molecule has 3 nitrogen and oxygen atoms in total. The summed E-state index contributed by atoms with van der Waals surface area (Å²) in [6, 6.07) is 8.68. The quantitative estimate of drug-likeness (QED) is 0.798. The van der Waals surface area contributed by atoms with Gasteiger partial charge in [-0.1, -0.05) is 12.1 Å². The molecule has 0 fully saturated rings. The first-order chi connectivity index (χ1) is 7.40. The van der Waals surface area contributed by atoms with Gasteiger partial charge in [0.25, 0.3) is 0 Å². The molecule has 0 bridgehead atoms. The summed E-state index contributed by atoms with van der Waals surface area (Å²) in [5.41, 5.74) is 2.63. The molecule has 2 rings (SSSR count). The summed E-state index contributed by atoms with van der Waals surface area (Å²) in [5, 5.41) is 3.17. The van der Waals surface area contributed by atoms with E-state index in [0.29, 0.717) is 0 Å². The maximum atomic E-state index is 4.22. The second-order valence-corrected chi connectivity index (χ2v) is 3.74. The molecule has 0 spiro atoms. The van der Waals surface area contributed by atoms with E-state index in [-0.39, 0.29) is 0 Å². The van der Waals surface area contributed by atoms with E-state index in [1.54, 1.807) is 0 Å². The zero-order valence-corrected chi connectivity index (χ0v) is 9.11. The molecule has 0 saturated carbocycles. The van der Waals surface area contributed by atoms with Gasteiger partial charge < -0.3 is 10.2 Å². The molecule has 1 N–H and O–H groups in total. The van der Waals surface area contributed by atoms with Gasteiger partial charge in [-0.05, 0) is 37.7 Å². The third-order valence-corrected chi connectivity index (χ3v) is 2.60. The van der Waals surface area contributed by atoms with E-state index in [1.165, 1.54) is 11.3 Å². The number of nitrogens with zero attached hydrogens (tertiary/aromatic N) is 2. The largest absolute Gasteiger partial charge is 0.331 e. The lowest BCUT2D eigenvalue weighted by Crippen LogP contribution is -2.18. The first kappa shape index (κ1) is 10.2. The maximum absolute atomic E-state index is 4.22. The summed E-state index contributed by atoms with van der Waals surface area (Å²) < 4.78 is 0. The summed E-state index contributed by atoms with van der Waals surface area (Å²) in [6.07, 6.45) is 3.01. The number of hydrogen-bond donors (Lipinski definition) is 1. The lowest BCUT2D eigenvalue weighted by Gasteiger charge is -2.14. The monoisotopic (exact) mass is 203 g/mol. The van der Waals surface area contributed by atoms with Gasteiger partial charge in [0.15, 0.2) is 0 Å². The third kappa shape index (κ3) is 2.57. The number of anilines is 1. The Labute approximate surface area is 90.8 Å². The molecule has 0 unspecified atom stereocenters. The second-order valence-electron chi connectivity index (χ2n) is 3.74. The van der Waals surface area contributed by atoms with Crippen LogP contribution in [-0.2, 0) is 6.42 Å². The van der Waals surface area contributed by atoms with Crippen LogP contribution < -0.4 is 10.2 Å². The molecule has 1 heterocycles. The van der Waals surface area contributed by atoms with Crippen molar-refractivity contribution in [2.75, 3.05) is 31.6 Å². The first-order valence-electron chi connectivity index (χ1n) is 5.40. The van der Waals surface area contributed by atoms with Crippen molar-refractivity contribution in [2.24, 2.45) is 4.99 Å². The Bertz CT molecular complexity index is 346. The van der Waals surface area contributed by atoms with Gasteiger partial charge in [0.2, 0.25) is 0 Å². The summed E-state index contributed by atoms with van der Waals surface area (Å²) >= 11 is 0. The van der Waals surface area contributed by atoms with Gasteiger partial charge >= 0.3 is 0 Å². The van der Waals surface area contributed by atoms with Gasteiger partial charge in [0.05, 0.1) is 12.9 Å². The minimum atomic E-state index is 0.917. The average molecular weight is 203 g/mol. The molecule has 0 aromatic heterocycles. The van der Waals surface area contributed by atoms with Gasteiger partial charge in [0, 0.05) is 12.2 Å². The zero-order chi connectivity index (χ0) is 10.5. The Morgan fingerprint density at radius 2 is 2.40 bits per heavy atom. The molecule has 1 aliphatic heterocycles. The molecule has 3 heteroatoms. The summed E-state index contributed by atoms with van der Waals surface area (Å²) in [7, 11) is 1.98. The summed E-state index contributed by atoms with van der Waals surface area (Å²) in [5.74, 6) is 0. The van der Waals surface area contributed by atoms with Crippen LogP contribution in [0.3, 0.4) is 0 Å². The molecule has 1 aromatic carbocycles. The molecular weight excluding hydrogens is 186 g/mol. The normalized spacial score (nSPS) is 14.9. The Morgan fingerprint density at radius 1 is 1.47 bits per heavy atom. The van der Waals surface area contributed by atoms with E-state index in [2.05, 4.69) is 39.5 Å². The Morgan fingerprint density at radius 3 is 3.13 bits per heavy atom. The average Bonchev–Trinajstić information content (AvgIpc) is 2.80.